The molecule has 1 unspecified atom stereocenters. The predicted octanol–water partition coefficient (Wildman–Crippen LogP) is 4.87. The fraction of sp³-hybridized carbons (Fsp3) is 0.625. The fourth-order valence-electron chi connectivity index (χ4n) is 3.24. The summed E-state index contributed by atoms with van der Waals surface area (Å²) in [5, 5.41) is 3.64. The Morgan fingerprint density at radius 2 is 1.95 bits per heavy atom. The summed E-state index contributed by atoms with van der Waals surface area (Å²) in [6, 6.07) is 7.65. The maximum absolute atomic E-state index is 3.81. The molecule has 2 heterocycles. The normalized spacial score (nSPS) is 25.4. The predicted molar refractivity (Wildman–Crippen MR) is 88.0 cm³/mol. The van der Waals surface area contributed by atoms with Crippen molar-refractivity contribution in [2.24, 2.45) is 0 Å². The SMILES string of the molecule is Brc1cc(C2CCCCN2)ccc1C1CCSCC1. The van der Waals surface area contributed by atoms with Crippen molar-refractivity contribution in [1.29, 1.82) is 0 Å². The smallest absolute Gasteiger partial charge is 0.0320 e. The number of hydrogen-bond acceptors (Lipinski definition) is 2. The Morgan fingerprint density at radius 1 is 1.11 bits per heavy atom. The van der Waals surface area contributed by atoms with Crippen LogP contribution in [0.15, 0.2) is 22.7 Å². The standard InChI is InChI=1S/C16H22BrNS/c17-15-11-13(16-3-1-2-8-18-16)4-5-14(15)12-6-9-19-10-7-12/h4-5,11-12,16,18H,1-3,6-10H2. The molecular formula is C16H22BrNS. The lowest BCUT2D eigenvalue weighted by Crippen LogP contribution is -2.26. The summed E-state index contributed by atoms with van der Waals surface area (Å²) in [6.45, 7) is 1.17. The molecule has 1 atom stereocenters. The lowest BCUT2D eigenvalue weighted by atomic mass is 9.90. The molecule has 104 valence electrons. The van der Waals surface area contributed by atoms with E-state index in [1.165, 1.54) is 65.8 Å². The van der Waals surface area contributed by atoms with Gasteiger partial charge in [-0.25, -0.2) is 0 Å². The zero-order valence-electron chi connectivity index (χ0n) is 11.3. The van der Waals surface area contributed by atoms with Crippen LogP contribution in [0.4, 0.5) is 0 Å². The largest absolute Gasteiger partial charge is 0.310 e. The summed E-state index contributed by atoms with van der Waals surface area (Å²) in [4.78, 5) is 0. The minimum atomic E-state index is 0.570. The summed E-state index contributed by atoms with van der Waals surface area (Å²) >= 11 is 5.91. The minimum absolute atomic E-state index is 0.570. The molecule has 0 saturated carbocycles. The molecule has 2 aliphatic heterocycles. The van der Waals surface area contributed by atoms with Crippen LogP contribution in [0, 0.1) is 0 Å². The van der Waals surface area contributed by atoms with Gasteiger partial charge in [0.25, 0.3) is 0 Å². The van der Waals surface area contributed by atoms with E-state index in [1.807, 2.05) is 0 Å². The topological polar surface area (TPSA) is 12.0 Å². The number of nitrogens with one attached hydrogen (secondary N) is 1. The Labute approximate surface area is 129 Å². The van der Waals surface area contributed by atoms with Gasteiger partial charge in [0.2, 0.25) is 0 Å². The molecular weight excluding hydrogens is 318 g/mol. The van der Waals surface area contributed by atoms with Crippen molar-refractivity contribution in [1.82, 2.24) is 5.32 Å². The Hall–Kier alpha value is 0.01000. The summed E-state index contributed by atoms with van der Waals surface area (Å²) in [5.41, 5.74) is 2.99. The third kappa shape index (κ3) is 3.37. The second-order valence-electron chi connectivity index (χ2n) is 5.67. The fourth-order valence-corrected chi connectivity index (χ4v) is 5.06. The van der Waals surface area contributed by atoms with E-state index < -0.39 is 0 Å². The van der Waals surface area contributed by atoms with E-state index in [0.717, 1.165) is 5.92 Å². The minimum Gasteiger partial charge on any atom is -0.310 e. The first-order valence-corrected chi connectivity index (χ1v) is 9.40. The van der Waals surface area contributed by atoms with Crippen LogP contribution in [0.2, 0.25) is 0 Å². The highest BCUT2D eigenvalue weighted by Crippen LogP contribution is 2.37. The molecule has 1 aromatic carbocycles. The number of benzene rings is 1. The highest BCUT2D eigenvalue weighted by molar-refractivity contribution is 9.10. The van der Waals surface area contributed by atoms with Gasteiger partial charge in [-0.05, 0) is 66.8 Å². The van der Waals surface area contributed by atoms with Crippen LogP contribution in [-0.2, 0) is 0 Å². The van der Waals surface area contributed by atoms with Gasteiger partial charge in [0.05, 0.1) is 0 Å². The van der Waals surface area contributed by atoms with Crippen molar-refractivity contribution >= 4 is 27.7 Å². The highest BCUT2D eigenvalue weighted by atomic mass is 79.9. The van der Waals surface area contributed by atoms with Gasteiger partial charge in [-0.1, -0.05) is 34.5 Å². The van der Waals surface area contributed by atoms with Crippen LogP contribution in [-0.4, -0.2) is 18.1 Å². The monoisotopic (exact) mass is 339 g/mol. The molecule has 3 rings (SSSR count). The van der Waals surface area contributed by atoms with Crippen LogP contribution in [0.1, 0.15) is 55.2 Å². The first-order chi connectivity index (χ1) is 9.34. The van der Waals surface area contributed by atoms with E-state index in [4.69, 9.17) is 0 Å². The third-order valence-electron chi connectivity index (χ3n) is 4.40. The van der Waals surface area contributed by atoms with Gasteiger partial charge < -0.3 is 5.32 Å². The van der Waals surface area contributed by atoms with Crippen molar-refractivity contribution in [2.75, 3.05) is 18.1 Å². The lowest BCUT2D eigenvalue weighted by Gasteiger charge is -2.26. The third-order valence-corrected chi connectivity index (χ3v) is 6.13. The van der Waals surface area contributed by atoms with Gasteiger partial charge in [0, 0.05) is 10.5 Å². The summed E-state index contributed by atoms with van der Waals surface area (Å²) in [7, 11) is 0. The maximum Gasteiger partial charge on any atom is 0.0320 e. The van der Waals surface area contributed by atoms with Gasteiger partial charge in [0.15, 0.2) is 0 Å². The van der Waals surface area contributed by atoms with Gasteiger partial charge >= 0.3 is 0 Å². The molecule has 0 spiro atoms. The van der Waals surface area contributed by atoms with Crippen LogP contribution in [0.5, 0.6) is 0 Å². The molecule has 1 N–H and O–H groups in total. The molecule has 2 aliphatic rings. The molecule has 1 aromatic rings. The van der Waals surface area contributed by atoms with E-state index in [0.29, 0.717) is 6.04 Å². The zero-order chi connectivity index (χ0) is 13.1. The van der Waals surface area contributed by atoms with Crippen molar-refractivity contribution in [3.05, 3.63) is 33.8 Å². The van der Waals surface area contributed by atoms with Crippen molar-refractivity contribution < 1.29 is 0 Å². The molecule has 2 fully saturated rings. The molecule has 0 aromatic heterocycles. The van der Waals surface area contributed by atoms with E-state index in [1.54, 1.807) is 0 Å². The molecule has 3 heteroatoms. The average molecular weight is 340 g/mol. The van der Waals surface area contributed by atoms with Gasteiger partial charge in [0.1, 0.15) is 0 Å². The summed E-state index contributed by atoms with van der Waals surface area (Å²) < 4.78 is 1.33. The van der Waals surface area contributed by atoms with Crippen LogP contribution in [0.3, 0.4) is 0 Å². The quantitative estimate of drug-likeness (QED) is 0.824. The Morgan fingerprint density at radius 3 is 2.63 bits per heavy atom. The lowest BCUT2D eigenvalue weighted by molar-refractivity contribution is 0.412. The van der Waals surface area contributed by atoms with E-state index in [9.17, 15) is 0 Å². The first kappa shape index (κ1) is 14.0. The number of thioether (sulfide) groups is 1. The highest BCUT2D eigenvalue weighted by Gasteiger charge is 2.20. The van der Waals surface area contributed by atoms with E-state index in [-0.39, 0.29) is 0 Å². The number of piperidine rings is 1. The van der Waals surface area contributed by atoms with E-state index in [2.05, 4.69) is 51.2 Å². The van der Waals surface area contributed by atoms with Crippen LogP contribution >= 0.6 is 27.7 Å². The van der Waals surface area contributed by atoms with Crippen molar-refractivity contribution in [2.45, 2.75) is 44.1 Å². The molecule has 2 saturated heterocycles. The molecule has 0 amide bonds. The maximum atomic E-state index is 3.81. The van der Waals surface area contributed by atoms with Crippen molar-refractivity contribution in [3.8, 4) is 0 Å². The average Bonchev–Trinajstić information content (AvgIpc) is 2.49. The number of halogens is 1. The summed E-state index contributed by atoms with van der Waals surface area (Å²) in [6.07, 6.45) is 6.65. The molecule has 0 aliphatic carbocycles. The first-order valence-electron chi connectivity index (χ1n) is 7.45. The van der Waals surface area contributed by atoms with Gasteiger partial charge in [-0.15, -0.1) is 0 Å². The van der Waals surface area contributed by atoms with Gasteiger partial charge in [-0.2, -0.15) is 11.8 Å². The summed E-state index contributed by atoms with van der Waals surface area (Å²) in [5.74, 6) is 3.41. The van der Waals surface area contributed by atoms with Crippen LogP contribution < -0.4 is 5.32 Å². The Balaban J connectivity index is 1.76. The number of rotatable bonds is 2. The Kier molecular flexibility index (Phi) is 4.88. The second kappa shape index (κ2) is 6.64. The van der Waals surface area contributed by atoms with Crippen molar-refractivity contribution in [3.63, 3.8) is 0 Å². The van der Waals surface area contributed by atoms with Crippen LogP contribution in [0.25, 0.3) is 0 Å². The second-order valence-corrected chi connectivity index (χ2v) is 7.75. The zero-order valence-corrected chi connectivity index (χ0v) is 13.7. The molecule has 19 heavy (non-hydrogen) atoms. The molecule has 0 bridgehead atoms. The van der Waals surface area contributed by atoms with E-state index >= 15 is 0 Å². The Bertz CT molecular complexity index is 423. The molecule has 1 nitrogen and oxygen atoms in total. The van der Waals surface area contributed by atoms with Gasteiger partial charge in [-0.3, -0.25) is 0 Å². The number of hydrogen-bond donors (Lipinski definition) is 1. The molecule has 0 radical (unpaired) electrons.